The van der Waals surface area contributed by atoms with Gasteiger partial charge in [-0.1, -0.05) is 0 Å². The van der Waals surface area contributed by atoms with E-state index in [9.17, 15) is 9.59 Å². The van der Waals surface area contributed by atoms with Crippen molar-refractivity contribution in [3.63, 3.8) is 0 Å². The Morgan fingerprint density at radius 2 is 1.68 bits per heavy atom. The summed E-state index contributed by atoms with van der Waals surface area (Å²) in [7, 11) is 0. The monoisotopic (exact) mass is 264 g/mol. The zero-order valence-electron chi connectivity index (χ0n) is 11.0. The number of carboxylic acid groups (broad SMARTS) is 1. The maximum absolute atomic E-state index is 12.2. The van der Waals surface area contributed by atoms with Gasteiger partial charge >= 0.3 is 12.0 Å². The van der Waals surface area contributed by atoms with Crippen molar-refractivity contribution in [1.82, 2.24) is 10.2 Å². The molecule has 0 aromatic rings. The summed E-state index contributed by atoms with van der Waals surface area (Å²) in [6.07, 6.45) is 7.28. The Bertz CT molecular complexity index is 413. The average molecular weight is 264 g/mol. The van der Waals surface area contributed by atoms with Gasteiger partial charge in [0, 0.05) is 5.54 Å². The summed E-state index contributed by atoms with van der Waals surface area (Å²) in [5.74, 6) is 1.38. The zero-order chi connectivity index (χ0) is 13.2. The number of hydrogen-bond donors (Lipinski definition) is 2. The van der Waals surface area contributed by atoms with E-state index in [1.165, 1.54) is 19.3 Å². The molecule has 19 heavy (non-hydrogen) atoms. The van der Waals surface area contributed by atoms with Crippen molar-refractivity contribution in [2.75, 3.05) is 6.54 Å². The molecule has 5 heteroatoms. The van der Waals surface area contributed by atoms with Gasteiger partial charge < -0.3 is 15.3 Å². The van der Waals surface area contributed by atoms with Gasteiger partial charge in [0.25, 0.3) is 0 Å². The van der Waals surface area contributed by atoms with Gasteiger partial charge in [0.1, 0.15) is 6.04 Å². The minimum atomic E-state index is -0.916. The molecule has 5 aliphatic rings. The van der Waals surface area contributed by atoms with Crippen molar-refractivity contribution < 1.29 is 14.7 Å². The van der Waals surface area contributed by atoms with Gasteiger partial charge in [-0.15, -0.1) is 0 Å². The van der Waals surface area contributed by atoms with Crippen LogP contribution in [0, 0.1) is 17.8 Å². The van der Waals surface area contributed by atoms with Gasteiger partial charge in [-0.25, -0.2) is 9.59 Å². The molecule has 1 atom stereocenters. The first-order valence-corrected chi connectivity index (χ1v) is 7.37. The summed E-state index contributed by atoms with van der Waals surface area (Å²) in [4.78, 5) is 25.1. The summed E-state index contributed by atoms with van der Waals surface area (Å²) < 4.78 is 0. The molecule has 1 saturated heterocycles. The van der Waals surface area contributed by atoms with Crippen LogP contribution in [0.1, 0.15) is 38.5 Å². The third-order valence-corrected chi connectivity index (χ3v) is 5.78. The van der Waals surface area contributed by atoms with E-state index in [4.69, 9.17) is 5.11 Å². The van der Waals surface area contributed by atoms with E-state index in [1.807, 2.05) is 4.90 Å². The number of hydrogen-bond acceptors (Lipinski definition) is 2. The van der Waals surface area contributed by atoms with Gasteiger partial charge in [0.05, 0.1) is 6.54 Å². The van der Waals surface area contributed by atoms with E-state index in [0.29, 0.717) is 6.54 Å². The zero-order valence-corrected chi connectivity index (χ0v) is 11.0. The third kappa shape index (κ3) is 1.60. The normalized spacial score (nSPS) is 47.6. The van der Waals surface area contributed by atoms with Crippen LogP contribution in [0.5, 0.6) is 0 Å². The smallest absolute Gasteiger partial charge is 0.328 e. The molecule has 0 aromatic heterocycles. The number of nitrogens with one attached hydrogen (secondary N) is 1. The molecule has 0 radical (unpaired) electrons. The second-order valence-electron chi connectivity index (χ2n) is 7.09. The first-order valence-electron chi connectivity index (χ1n) is 7.37. The molecule has 2 amide bonds. The molecule has 5 nitrogen and oxygen atoms in total. The Labute approximate surface area is 112 Å². The van der Waals surface area contributed by atoms with Crippen molar-refractivity contribution in [2.24, 2.45) is 17.8 Å². The molecule has 104 valence electrons. The highest BCUT2D eigenvalue weighted by atomic mass is 16.4. The minimum absolute atomic E-state index is 0.0248. The van der Waals surface area contributed by atoms with Crippen molar-refractivity contribution in [3.05, 3.63) is 0 Å². The lowest BCUT2D eigenvalue weighted by Crippen LogP contribution is -2.60. The molecule has 1 aliphatic heterocycles. The van der Waals surface area contributed by atoms with Crippen molar-refractivity contribution in [2.45, 2.75) is 50.1 Å². The highest BCUT2D eigenvalue weighted by molar-refractivity contribution is 5.87. The molecular formula is C14H20N2O3. The number of nitrogens with zero attached hydrogens (tertiary/aromatic N) is 1. The number of urea groups is 1. The lowest BCUT2D eigenvalue weighted by atomic mass is 9.52. The van der Waals surface area contributed by atoms with Crippen LogP contribution in [0.4, 0.5) is 4.79 Å². The molecule has 0 spiro atoms. The summed E-state index contributed by atoms with van der Waals surface area (Å²) >= 11 is 0. The highest BCUT2D eigenvalue weighted by Gasteiger charge is 2.56. The fraction of sp³-hybridized carbons (Fsp3) is 0.857. The van der Waals surface area contributed by atoms with Crippen LogP contribution in [0.15, 0.2) is 0 Å². The Balaban J connectivity index is 1.62. The predicted octanol–water partition coefficient (Wildman–Crippen LogP) is 1.43. The number of aliphatic carboxylic acids is 1. The lowest BCUT2D eigenvalue weighted by molar-refractivity contribution is -0.139. The van der Waals surface area contributed by atoms with Gasteiger partial charge in [-0.05, 0) is 56.3 Å². The summed E-state index contributed by atoms with van der Waals surface area (Å²) in [6.45, 7) is 0.348. The number of rotatable bonds is 2. The minimum Gasteiger partial charge on any atom is -0.480 e. The Morgan fingerprint density at radius 3 is 2.11 bits per heavy atom. The fourth-order valence-electron chi connectivity index (χ4n) is 5.48. The molecule has 5 rings (SSSR count). The second kappa shape index (κ2) is 3.64. The Kier molecular flexibility index (Phi) is 2.22. The third-order valence-electron chi connectivity index (χ3n) is 5.78. The van der Waals surface area contributed by atoms with E-state index in [-0.39, 0.29) is 11.6 Å². The maximum atomic E-state index is 12.2. The van der Waals surface area contributed by atoms with Gasteiger partial charge in [-0.3, -0.25) is 0 Å². The standard InChI is InChI=1S/C14H20N2O3/c17-12(18)11-7-16(13(19)15-11)14-4-8-1-9(5-14)3-10(2-8)6-14/h8-11H,1-7H2,(H,15,19)(H,17,18). The summed E-state index contributed by atoms with van der Waals surface area (Å²) in [5, 5.41) is 11.7. The number of amides is 2. The van der Waals surface area contributed by atoms with Crippen molar-refractivity contribution >= 4 is 12.0 Å². The molecule has 4 saturated carbocycles. The van der Waals surface area contributed by atoms with E-state index < -0.39 is 12.0 Å². The number of carbonyl (C=O) groups is 2. The van der Waals surface area contributed by atoms with Crippen LogP contribution in [0.3, 0.4) is 0 Å². The second-order valence-corrected chi connectivity index (χ2v) is 7.09. The van der Waals surface area contributed by atoms with Gasteiger partial charge in [0.2, 0.25) is 0 Å². The molecule has 5 fully saturated rings. The molecule has 0 aromatic carbocycles. The first-order chi connectivity index (χ1) is 9.06. The quantitative estimate of drug-likeness (QED) is 0.792. The van der Waals surface area contributed by atoms with Crippen LogP contribution in [0.25, 0.3) is 0 Å². The largest absolute Gasteiger partial charge is 0.480 e. The van der Waals surface area contributed by atoms with Crippen LogP contribution < -0.4 is 5.32 Å². The van der Waals surface area contributed by atoms with Gasteiger partial charge in [-0.2, -0.15) is 0 Å². The van der Waals surface area contributed by atoms with E-state index >= 15 is 0 Å². The molecule has 1 heterocycles. The number of carboxylic acids is 1. The van der Waals surface area contributed by atoms with Crippen LogP contribution in [0.2, 0.25) is 0 Å². The summed E-state index contributed by atoms with van der Waals surface area (Å²) in [6, 6.07) is -0.880. The first kappa shape index (κ1) is 11.6. The maximum Gasteiger partial charge on any atom is 0.328 e. The highest BCUT2D eigenvalue weighted by Crippen LogP contribution is 2.58. The molecule has 2 N–H and O–H groups in total. The Hall–Kier alpha value is -1.26. The van der Waals surface area contributed by atoms with Gasteiger partial charge in [0.15, 0.2) is 0 Å². The topological polar surface area (TPSA) is 69.6 Å². The Morgan fingerprint density at radius 1 is 1.16 bits per heavy atom. The molecular weight excluding hydrogens is 244 g/mol. The van der Waals surface area contributed by atoms with E-state index in [0.717, 1.165) is 37.0 Å². The SMILES string of the molecule is O=C(O)C1CN(C23CC4CC(CC(C4)C2)C3)C(=O)N1. The molecule has 1 unspecified atom stereocenters. The number of carbonyl (C=O) groups excluding carboxylic acids is 1. The van der Waals surface area contributed by atoms with Crippen LogP contribution in [-0.2, 0) is 4.79 Å². The van der Waals surface area contributed by atoms with Crippen LogP contribution in [-0.4, -0.2) is 40.1 Å². The fourth-order valence-corrected chi connectivity index (χ4v) is 5.48. The molecule has 4 bridgehead atoms. The summed E-state index contributed by atoms with van der Waals surface area (Å²) in [5.41, 5.74) is -0.0248. The molecule has 4 aliphatic carbocycles. The predicted molar refractivity (Wildman–Crippen MR) is 67.6 cm³/mol. The van der Waals surface area contributed by atoms with E-state index in [1.54, 1.807) is 0 Å². The van der Waals surface area contributed by atoms with Crippen molar-refractivity contribution in [1.29, 1.82) is 0 Å². The van der Waals surface area contributed by atoms with Crippen LogP contribution >= 0.6 is 0 Å². The average Bonchev–Trinajstić information content (AvgIpc) is 2.70. The lowest BCUT2D eigenvalue weighted by Gasteiger charge is -2.59. The van der Waals surface area contributed by atoms with E-state index in [2.05, 4.69) is 5.32 Å². The van der Waals surface area contributed by atoms with Crippen molar-refractivity contribution in [3.8, 4) is 0 Å².